The third-order valence-corrected chi connectivity index (χ3v) is 6.11. The van der Waals surface area contributed by atoms with Gasteiger partial charge in [-0.15, -0.1) is 0 Å². The monoisotopic (exact) mass is 431 g/mol. The summed E-state index contributed by atoms with van der Waals surface area (Å²) in [6.07, 6.45) is 2.04. The van der Waals surface area contributed by atoms with Crippen molar-refractivity contribution in [2.24, 2.45) is 0 Å². The second-order valence-electron chi connectivity index (χ2n) is 8.13. The average Bonchev–Trinajstić information content (AvgIpc) is 3.14. The van der Waals surface area contributed by atoms with E-state index in [1.165, 1.54) is 12.1 Å². The minimum atomic E-state index is -0.599. The van der Waals surface area contributed by atoms with Gasteiger partial charge in [0.1, 0.15) is 17.3 Å². The predicted octanol–water partition coefficient (Wildman–Crippen LogP) is 2.84. The van der Waals surface area contributed by atoms with E-state index in [1.807, 2.05) is 0 Å². The number of hydrogen-bond donors (Lipinski definition) is 3. The maximum Gasteiger partial charge on any atom is 0.258 e. The lowest BCUT2D eigenvalue weighted by Crippen LogP contribution is -2.84. The SMILES string of the molecule is O=C(COc1ccc(Cl)c(F)c1)NC12CC(NC(=O)c3ccc4c(c3)NCO4)(C1)C2. The molecule has 1 aliphatic heterocycles. The fraction of sp³-hybridized carbons (Fsp3) is 0.333. The van der Waals surface area contributed by atoms with E-state index in [2.05, 4.69) is 16.0 Å². The molecule has 2 bridgehead atoms. The van der Waals surface area contributed by atoms with Crippen LogP contribution < -0.4 is 25.4 Å². The van der Waals surface area contributed by atoms with E-state index in [9.17, 15) is 14.0 Å². The lowest BCUT2D eigenvalue weighted by molar-refractivity contribution is -0.141. The number of hydrogen-bond acceptors (Lipinski definition) is 5. The van der Waals surface area contributed by atoms with Crippen LogP contribution >= 0.6 is 11.6 Å². The molecule has 0 unspecified atom stereocenters. The van der Waals surface area contributed by atoms with Crippen LogP contribution in [-0.4, -0.2) is 36.2 Å². The highest BCUT2D eigenvalue weighted by atomic mass is 35.5. The van der Waals surface area contributed by atoms with E-state index >= 15 is 0 Å². The Kier molecular flexibility index (Phi) is 4.28. The van der Waals surface area contributed by atoms with E-state index in [0.717, 1.165) is 17.5 Å². The van der Waals surface area contributed by atoms with Gasteiger partial charge in [-0.2, -0.15) is 0 Å². The minimum Gasteiger partial charge on any atom is -0.484 e. The maximum absolute atomic E-state index is 13.4. The third kappa shape index (κ3) is 3.31. The molecule has 3 fully saturated rings. The highest BCUT2D eigenvalue weighted by Crippen LogP contribution is 2.60. The Balaban J connectivity index is 1.10. The van der Waals surface area contributed by atoms with Gasteiger partial charge in [0.25, 0.3) is 11.8 Å². The highest BCUT2D eigenvalue weighted by molar-refractivity contribution is 6.30. The molecule has 6 rings (SSSR count). The van der Waals surface area contributed by atoms with Crippen LogP contribution in [-0.2, 0) is 4.79 Å². The van der Waals surface area contributed by atoms with Gasteiger partial charge >= 0.3 is 0 Å². The first kappa shape index (κ1) is 19.0. The summed E-state index contributed by atoms with van der Waals surface area (Å²) in [4.78, 5) is 24.8. The van der Waals surface area contributed by atoms with Gasteiger partial charge in [-0.05, 0) is 49.6 Å². The zero-order valence-electron chi connectivity index (χ0n) is 15.9. The third-order valence-electron chi connectivity index (χ3n) is 5.81. The molecule has 0 spiro atoms. The fourth-order valence-electron chi connectivity index (χ4n) is 4.54. The van der Waals surface area contributed by atoms with Crippen LogP contribution in [0.15, 0.2) is 36.4 Å². The minimum absolute atomic E-state index is 0.00232. The number of halogens is 2. The molecule has 0 atom stereocenters. The Bertz CT molecular complexity index is 1040. The van der Waals surface area contributed by atoms with Crippen LogP contribution in [0.4, 0.5) is 10.1 Å². The molecule has 0 saturated heterocycles. The van der Waals surface area contributed by atoms with Crippen LogP contribution in [0.3, 0.4) is 0 Å². The van der Waals surface area contributed by atoms with Gasteiger partial charge in [-0.1, -0.05) is 11.6 Å². The summed E-state index contributed by atoms with van der Waals surface area (Å²) >= 11 is 5.63. The highest BCUT2D eigenvalue weighted by Gasteiger charge is 2.69. The second kappa shape index (κ2) is 6.77. The summed E-state index contributed by atoms with van der Waals surface area (Å²) in [5, 5.41) is 9.12. The first-order chi connectivity index (χ1) is 14.4. The summed E-state index contributed by atoms with van der Waals surface area (Å²) < 4.78 is 24.1. The normalized spacial score (nSPS) is 25.0. The molecular weight excluding hydrogens is 413 g/mol. The molecule has 156 valence electrons. The molecule has 1 heterocycles. The van der Waals surface area contributed by atoms with Crippen LogP contribution in [0.5, 0.6) is 11.5 Å². The topological polar surface area (TPSA) is 88.7 Å². The van der Waals surface area contributed by atoms with Gasteiger partial charge in [0.2, 0.25) is 0 Å². The van der Waals surface area contributed by atoms with Gasteiger partial charge in [-0.25, -0.2) is 4.39 Å². The van der Waals surface area contributed by atoms with E-state index in [0.29, 0.717) is 31.6 Å². The van der Waals surface area contributed by atoms with Gasteiger partial charge in [0, 0.05) is 22.7 Å². The Hall–Kier alpha value is -3.00. The molecule has 2 aromatic rings. The summed E-state index contributed by atoms with van der Waals surface area (Å²) in [5.41, 5.74) is 0.808. The number of amides is 2. The molecule has 0 aromatic heterocycles. The van der Waals surface area contributed by atoms with E-state index < -0.39 is 5.82 Å². The first-order valence-electron chi connectivity index (χ1n) is 9.58. The molecule has 2 amide bonds. The van der Waals surface area contributed by atoms with E-state index in [1.54, 1.807) is 18.2 Å². The number of nitrogens with one attached hydrogen (secondary N) is 3. The molecule has 2 aromatic carbocycles. The molecule has 3 aliphatic carbocycles. The van der Waals surface area contributed by atoms with Crippen molar-refractivity contribution >= 4 is 29.1 Å². The van der Waals surface area contributed by atoms with Crippen LogP contribution in [0.1, 0.15) is 29.6 Å². The van der Waals surface area contributed by atoms with Crippen molar-refractivity contribution in [1.82, 2.24) is 10.6 Å². The van der Waals surface area contributed by atoms with Gasteiger partial charge in [-0.3, -0.25) is 9.59 Å². The number of carbonyl (C=O) groups is 2. The van der Waals surface area contributed by atoms with Gasteiger partial charge in [0.05, 0.1) is 10.7 Å². The van der Waals surface area contributed by atoms with E-state index in [-0.39, 0.29) is 40.3 Å². The number of carbonyl (C=O) groups excluding carboxylic acids is 2. The molecular formula is C21H19ClFN3O4. The number of fused-ring (bicyclic) bond motifs is 1. The smallest absolute Gasteiger partial charge is 0.258 e. The standard InChI is InChI=1S/C21H19ClFN3O4/c22-14-3-2-13(6-15(14)23)29-7-18(27)25-20-8-21(9-20,10-20)26-19(28)12-1-4-17-16(5-12)24-11-30-17/h1-6,24H,7-11H2,(H,25,27)(H,26,28). The Labute approximate surface area is 176 Å². The second-order valence-corrected chi connectivity index (χ2v) is 8.54. The van der Waals surface area contributed by atoms with Crippen molar-refractivity contribution < 1.29 is 23.5 Å². The Morgan fingerprint density at radius 2 is 1.90 bits per heavy atom. The zero-order valence-corrected chi connectivity index (χ0v) is 16.6. The van der Waals surface area contributed by atoms with Crippen molar-refractivity contribution in [3.05, 3.63) is 52.8 Å². The Morgan fingerprint density at radius 3 is 2.67 bits per heavy atom. The van der Waals surface area contributed by atoms with Crippen LogP contribution in [0.25, 0.3) is 0 Å². The van der Waals surface area contributed by atoms with Crippen molar-refractivity contribution in [2.75, 3.05) is 18.7 Å². The van der Waals surface area contributed by atoms with Crippen molar-refractivity contribution in [3.8, 4) is 11.5 Å². The predicted molar refractivity (Wildman–Crippen MR) is 107 cm³/mol. The largest absolute Gasteiger partial charge is 0.484 e. The summed E-state index contributed by atoms with van der Waals surface area (Å²) in [6, 6.07) is 9.31. The Morgan fingerprint density at radius 1 is 1.13 bits per heavy atom. The number of benzene rings is 2. The molecule has 4 aliphatic rings. The molecule has 3 saturated carbocycles. The molecule has 30 heavy (non-hydrogen) atoms. The zero-order chi connectivity index (χ0) is 20.9. The van der Waals surface area contributed by atoms with Crippen molar-refractivity contribution in [3.63, 3.8) is 0 Å². The molecule has 9 heteroatoms. The summed E-state index contributed by atoms with van der Waals surface area (Å²) in [7, 11) is 0. The van der Waals surface area contributed by atoms with Gasteiger partial charge < -0.3 is 25.4 Å². The van der Waals surface area contributed by atoms with Crippen molar-refractivity contribution in [1.29, 1.82) is 0 Å². The summed E-state index contributed by atoms with van der Waals surface area (Å²) in [6.45, 7) is 0.190. The lowest BCUT2D eigenvalue weighted by Gasteiger charge is -2.70. The summed E-state index contributed by atoms with van der Waals surface area (Å²) in [5.74, 6) is -0.0443. The van der Waals surface area contributed by atoms with Crippen molar-refractivity contribution in [2.45, 2.75) is 30.3 Å². The quantitative estimate of drug-likeness (QED) is 0.654. The number of anilines is 1. The van der Waals surface area contributed by atoms with Crippen LogP contribution in [0, 0.1) is 5.82 Å². The number of ether oxygens (including phenoxy) is 2. The molecule has 0 radical (unpaired) electrons. The number of rotatable bonds is 6. The molecule has 7 nitrogen and oxygen atoms in total. The van der Waals surface area contributed by atoms with E-state index in [4.69, 9.17) is 21.1 Å². The van der Waals surface area contributed by atoms with Crippen LogP contribution in [0.2, 0.25) is 5.02 Å². The lowest BCUT2D eigenvalue weighted by atomic mass is 9.44. The maximum atomic E-state index is 13.4. The fourth-order valence-corrected chi connectivity index (χ4v) is 4.66. The van der Waals surface area contributed by atoms with Gasteiger partial charge in [0.15, 0.2) is 13.3 Å². The first-order valence-corrected chi connectivity index (χ1v) is 9.95. The molecule has 3 N–H and O–H groups in total. The average molecular weight is 432 g/mol.